The maximum Gasteiger partial charge on any atom is 0.335 e. The summed E-state index contributed by atoms with van der Waals surface area (Å²) in [5.74, 6) is -1.37. The van der Waals surface area contributed by atoms with Gasteiger partial charge in [-0.05, 0) is 235 Å². The normalized spacial score (nSPS) is 16.0. The van der Waals surface area contributed by atoms with Crippen LogP contribution in [0, 0.1) is 67.5 Å². The number of carboxylic acids is 3. The molecule has 2 bridgehead atoms. The third-order valence-corrected chi connectivity index (χ3v) is 23.1. The highest BCUT2D eigenvalue weighted by Crippen LogP contribution is 2.55. The van der Waals surface area contributed by atoms with Crippen molar-refractivity contribution in [1.82, 2.24) is 10.2 Å². The molecule has 2 aromatic rings. The quantitative estimate of drug-likeness (QED) is 0.0108. The van der Waals surface area contributed by atoms with Crippen molar-refractivity contribution in [2.75, 3.05) is 53.7 Å². The highest BCUT2D eigenvalue weighted by Gasteiger charge is 2.51. The Morgan fingerprint density at radius 2 is 0.915 bits per heavy atom. The second-order valence-electron chi connectivity index (χ2n) is 34.9. The maximum atomic E-state index is 11.7. The number of fused-ring (bicyclic) bond motifs is 2. The average molecular weight is 1690 g/mol. The fraction of sp³-hybridized carbons (Fsp3) is 0.742. The van der Waals surface area contributed by atoms with Gasteiger partial charge in [0, 0.05) is 17.4 Å². The van der Waals surface area contributed by atoms with Gasteiger partial charge in [-0.25, -0.2) is 4.79 Å². The van der Waals surface area contributed by atoms with E-state index in [0.29, 0.717) is 61.7 Å². The number of ketones is 1. The van der Waals surface area contributed by atoms with E-state index in [9.17, 15) is 61.2 Å². The number of amides is 2. The van der Waals surface area contributed by atoms with Crippen molar-refractivity contribution >= 4 is 75.5 Å². The molecule has 0 heterocycles. The van der Waals surface area contributed by atoms with Gasteiger partial charge in [0.25, 0.3) is 10.1 Å². The van der Waals surface area contributed by atoms with Gasteiger partial charge in [-0.1, -0.05) is 153 Å². The van der Waals surface area contributed by atoms with Gasteiger partial charge in [0.15, 0.2) is 4.87 Å². The van der Waals surface area contributed by atoms with E-state index in [-0.39, 0.29) is 96.7 Å². The van der Waals surface area contributed by atoms with Crippen molar-refractivity contribution in [1.29, 1.82) is 0 Å². The van der Waals surface area contributed by atoms with Gasteiger partial charge < -0.3 is 65.2 Å². The molecule has 2 saturated carbocycles. The lowest BCUT2D eigenvalue weighted by molar-refractivity contribution is -0.159. The summed E-state index contributed by atoms with van der Waals surface area (Å²) in [5.41, 5.74) is 4.44. The van der Waals surface area contributed by atoms with Crippen LogP contribution in [0.5, 0.6) is 0 Å². The first-order chi connectivity index (χ1) is 53.3. The molecule has 9 N–H and O–H groups in total. The van der Waals surface area contributed by atoms with Gasteiger partial charge in [-0.2, -0.15) is 8.42 Å². The number of aromatic carboxylic acids is 1. The van der Waals surface area contributed by atoms with Crippen LogP contribution >= 0.6 is 0 Å². The molecule has 2 aromatic carbocycles. The van der Waals surface area contributed by atoms with Crippen LogP contribution in [0.3, 0.4) is 0 Å². The van der Waals surface area contributed by atoms with Crippen molar-refractivity contribution < 1.29 is 115 Å². The molecule has 2 fully saturated rings. The molecule has 0 aromatic heterocycles. The third-order valence-electron chi connectivity index (χ3n) is 21.7. The number of nitrogens with one attached hydrogen (secondary N) is 1. The van der Waals surface area contributed by atoms with Crippen molar-refractivity contribution in [2.24, 2.45) is 73.2 Å². The molecule has 0 radical (unpaired) electrons. The molecule has 0 spiro atoms. The minimum absolute atomic E-state index is 0.0162. The summed E-state index contributed by atoms with van der Waals surface area (Å²) in [4.78, 5) is 121. The van der Waals surface area contributed by atoms with E-state index in [1.165, 1.54) is 32.8 Å². The van der Waals surface area contributed by atoms with Crippen molar-refractivity contribution in [3.8, 4) is 0 Å². The standard InChI is InChI=1S/C13H18O2.C12H20O5.C11H14O2.C10H21NO2.C10H16O2.C9H19NO4S.C8H16O3.C6H13NO.C6H12O2.C4H10O/c1-4-13(2,3)12(14)15-10-11-8-6-5-7-9-11;1-5-12(3,4)11(15)17-7-6-16-10(14)8-9(2)13;1-3-8(2)9-4-6-10(7-5-9)11(12)13;1-6-10(2,3)9(12)13-8-7-11(4)5;1-5-6(2)8-3-7(5)4-9(8)10(11)12;1-6-8(2,3)7(11)10-9(4,5)15(12,13)14;1-4-8(2,3)7(10)11-6-5-9;2*1-4-6(2,3)5(7)8;1-3-4(2)5/h5-9H,4,10H2,1-3H3;5-8H2,1-4H3;4-8H,3H2,1-2H3,(H,12,13);6-8H2,1-5H3;5-9H,3-4H2,1-2H3,(H,11,12);6H2,1-5H3,(H,10,11)(H,12,13,14);9H,4-6H2,1-3H3;4H2,1-3H3,(H2,7,8);4H2,1-3H3,(H,7,8);4-5H,3H2,1-2H3. The molecule has 0 saturated heterocycles. The molecule has 4 rings (SSSR count). The average Bonchev–Trinajstić information content (AvgIpc) is 1.63. The van der Waals surface area contributed by atoms with Crippen LogP contribution in [0.4, 0.5) is 0 Å². The van der Waals surface area contributed by atoms with Gasteiger partial charge in [-0.3, -0.25) is 52.5 Å². The number of hydrogen-bond donors (Lipinski definition) is 8. The zero-order chi connectivity index (χ0) is 93.2. The van der Waals surface area contributed by atoms with Gasteiger partial charge in [0.1, 0.15) is 45.2 Å². The van der Waals surface area contributed by atoms with Crippen LogP contribution in [0.15, 0.2) is 54.6 Å². The molecule has 2 amide bonds. The van der Waals surface area contributed by atoms with Crippen molar-refractivity contribution in [3.63, 3.8) is 0 Å². The van der Waals surface area contributed by atoms with E-state index < -0.39 is 66.4 Å². The number of carboxylic acid groups (broad SMARTS) is 3. The minimum atomic E-state index is -4.30. The number of benzene rings is 2. The summed E-state index contributed by atoms with van der Waals surface area (Å²) >= 11 is 0. The van der Waals surface area contributed by atoms with E-state index in [2.05, 4.69) is 33.0 Å². The van der Waals surface area contributed by atoms with Crippen LogP contribution in [-0.2, 0) is 88.4 Å². The number of aliphatic hydroxyl groups excluding tert-OH is 2. The summed E-state index contributed by atoms with van der Waals surface area (Å²) in [5, 5.41) is 45.1. The lowest BCUT2D eigenvalue weighted by Crippen LogP contribution is -2.53. The Morgan fingerprint density at radius 1 is 0.530 bits per heavy atom. The van der Waals surface area contributed by atoms with Gasteiger partial charge >= 0.3 is 47.8 Å². The number of rotatable bonds is 33. The predicted octanol–water partition coefficient (Wildman–Crippen LogP) is 16.4. The summed E-state index contributed by atoms with van der Waals surface area (Å²) in [6.07, 6.45) is 8.79. The molecule has 7 unspecified atom stereocenters. The van der Waals surface area contributed by atoms with E-state index in [1.54, 1.807) is 60.6 Å². The van der Waals surface area contributed by atoms with E-state index in [4.69, 9.17) is 59.5 Å². The largest absolute Gasteiger partial charge is 0.481 e. The Morgan fingerprint density at radius 3 is 1.21 bits per heavy atom. The zero-order valence-corrected chi connectivity index (χ0v) is 78.5. The molecule has 2 aliphatic rings. The number of Topliss-reactive ketones (excluding diaryl/α,β-unsaturated/α-hetero) is 1. The molecule has 117 heavy (non-hydrogen) atoms. The molecule has 28 heteroatoms. The molecular weight excluding hydrogens is 1530 g/mol. The van der Waals surface area contributed by atoms with E-state index in [1.807, 2.05) is 172 Å². The Hall–Kier alpha value is -7.40. The van der Waals surface area contributed by atoms with Gasteiger partial charge in [0.2, 0.25) is 11.8 Å². The highest BCUT2D eigenvalue weighted by atomic mass is 32.2. The van der Waals surface area contributed by atoms with Crippen molar-refractivity contribution in [2.45, 2.75) is 308 Å². The van der Waals surface area contributed by atoms with Crippen LogP contribution in [0.25, 0.3) is 0 Å². The van der Waals surface area contributed by atoms with Crippen molar-refractivity contribution in [3.05, 3.63) is 71.3 Å². The number of nitrogens with two attached hydrogens (primary N) is 1. The number of nitrogens with zero attached hydrogens (tertiary/aromatic N) is 1. The Balaban J connectivity index is -0.000000296. The minimum Gasteiger partial charge on any atom is -0.481 e. The molecule has 2 aliphatic carbocycles. The molecule has 680 valence electrons. The van der Waals surface area contributed by atoms with Gasteiger partial charge in [-0.15, -0.1) is 0 Å². The Bertz CT molecular complexity index is 3310. The smallest absolute Gasteiger partial charge is 0.335 e. The van der Waals surface area contributed by atoms with Crippen LogP contribution < -0.4 is 11.1 Å². The number of primary amides is 1. The lowest BCUT2D eigenvalue weighted by Gasteiger charge is -2.29. The summed E-state index contributed by atoms with van der Waals surface area (Å²) in [7, 11) is -0.384. The first-order valence-corrected chi connectivity index (χ1v) is 42.4. The molecule has 0 aliphatic heterocycles. The number of aliphatic carboxylic acids is 2. The SMILES string of the molecule is CC1C2CC(C(=O)O)C(C2)C1C.CCC(C)(C)C(=O)NC(C)(C)S(=O)(=O)O.CCC(C)(C)C(=O)O.CCC(C)(C)C(=O)OCCN(C)C.CCC(C)(C)C(=O)OCCO.CCC(C)(C)C(=O)OCCOC(=O)CC(C)=O.CCC(C)(C)C(=O)OCc1ccccc1.CCC(C)(C)C(N)=O.CCC(C)O.CCC(C)c1ccc(C(=O)O)cc1. The topological polar surface area (TPSA) is 431 Å². The van der Waals surface area contributed by atoms with Crippen LogP contribution in [-0.4, -0.2) is 173 Å². The van der Waals surface area contributed by atoms with E-state index >= 15 is 0 Å². The Kier molecular flexibility index (Phi) is 60.2. The van der Waals surface area contributed by atoms with Crippen LogP contribution in [0.1, 0.15) is 312 Å². The monoisotopic (exact) mass is 1690 g/mol. The molecular formula is C89H159N3O24S. The highest BCUT2D eigenvalue weighted by molar-refractivity contribution is 7.87. The number of esters is 5. The fourth-order valence-corrected chi connectivity index (χ4v) is 8.71. The van der Waals surface area contributed by atoms with Gasteiger partial charge in [0.05, 0.1) is 51.3 Å². The van der Waals surface area contributed by atoms with Crippen LogP contribution in [0.2, 0.25) is 0 Å². The second kappa shape index (κ2) is 58.5. The Labute approximate surface area is 703 Å². The molecule has 27 nitrogen and oxygen atoms in total. The summed E-state index contributed by atoms with van der Waals surface area (Å²) < 4.78 is 55.6. The number of carbonyl (C=O) groups is 11. The summed E-state index contributed by atoms with van der Waals surface area (Å²) in [6.45, 7) is 56.7. The molecule has 7 atom stereocenters. The number of carbonyl (C=O) groups excluding carboxylic acids is 8. The second-order valence-corrected chi connectivity index (χ2v) is 36.9. The number of hydrogen-bond acceptors (Lipinski definition) is 21. The van der Waals surface area contributed by atoms with E-state index in [0.717, 1.165) is 63.0 Å². The number of likely N-dealkylation sites (N-methyl/N-ethyl adjacent to an activating group) is 1. The summed E-state index contributed by atoms with van der Waals surface area (Å²) in [6, 6.07) is 16.8. The lowest BCUT2D eigenvalue weighted by atomic mass is 9.76. The number of aliphatic hydroxyl groups is 2. The zero-order valence-electron chi connectivity index (χ0n) is 77.6. The third kappa shape index (κ3) is 52.3. The first-order valence-electron chi connectivity index (χ1n) is 41.0. The maximum absolute atomic E-state index is 11.7. The first kappa shape index (κ1) is 120. The predicted molar refractivity (Wildman–Crippen MR) is 460 cm³/mol. The number of ether oxygens (including phenoxy) is 5. The fourth-order valence-electron chi connectivity index (χ4n) is 8.49.